The average molecular weight is 322 g/mol. The second kappa shape index (κ2) is 5.21. The molecular weight excluding hydrogens is 300 g/mol. The third-order valence-corrected chi connectivity index (χ3v) is 4.16. The molecule has 0 atom stereocenters. The largest absolute Gasteiger partial charge is 0.444 e. The summed E-state index contributed by atoms with van der Waals surface area (Å²) in [7, 11) is 0. The fraction of sp³-hybridized carbons (Fsp3) is 0.733. The molecule has 2 amide bonds. The lowest BCUT2D eigenvalue weighted by Gasteiger charge is -2.37. The molecule has 2 saturated heterocycles. The normalized spacial score (nSPS) is 25.9. The van der Waals surface area contributed by atoms with E-state index in [2.05, 4.69) is 15.5 Å². The zero-order valence-corrected chi connectivity index (χ0v) is 13.9. The van der Waals surface area contributed by atoms with Crippen LogP contribution >= 0.6 is 0 Å². The van der Waals surface area contributed by atoms with E-state index >= 15 is 0 Å². The highest BCUT2D eigenvalue weighted by Gasteiger charge is 2.58. The summed E-state index contributed by atoms with van der Waals surface area (Å²) in [5, 5.41) is 6.64. The van der Waals surface area contributed by atoms with E-state index in [-0.39, 0.29) is 23.3 Å². The molecule has 3 aliphatic rings. The van der Waals surface area contributed by atoms with Crippen molar-refractivity contribution in [1.82, 2.24) is 20.4 Å². The smallest absolute Gasteiger partial charge is 0.408 e. The molecule has 4 rings (SSSR count). The lowest BCUT2D eigenvalue weighted by Crippen LogP contribution is -2.55. The van der Waals surface area contributed by atoms with Crippen LogP contribution in [0.4, 0.5) is 4.79 Å². The standard InChI is InChI=1S/C15H22N4O4/c1-5-10-16-11(18-23-10)12(20)19-8-15(6-9(19)7-15)17-13(21)22-14(2,3)4/h9H,5-8H2,1-4H3,(H,17,21). The maximum absolute atomic E-state index is 12.5. The first-order chi connectivity index (χ1) is 10.7. The lowest BCUT2D eigenvalue weighted by atomic mass is 9.78. The van der Waals surface area contributed by atoms with E-state index in [4.69, 9.17) is 9.26 Å². The Morgan fingerprint density at radius 2 is 2.13 bits per heavy atom. The fourth-order valence-corrected chi connectivity index (χ4v) is 3.16. The maximum atomic E-state index is 12.5. The molecular formula is C15H22N4O4. The van der Waals surface area contributed by atoms with Crippen molar-refractivity contribution in [2.45, 2.75) is 64.1 Å². The van der Waals surface area contributed by atoms with Crippen LogP contribution in [0.5, 0.6) is 0 Å². The quantitative estimate of drug-likeness (QED) is 0.906. The van der Waals surface area contributed by atoms with E-state index in [1.54, 1.807) is 4.90 Å². The summed E-state index contributed by atoms with van der Waals surface area (Å²) in [5.74, 6) is 0.284. The number of aromatic nitrogens is 2. The van der Waals surface area contributed by atoms with Crippen molar-refractivity contribution in [1.29, 1.82) is 0 Å². The molecule has 3 heterocycles. The van der Waals surface area contributed by atoms with Gasteiger partial charge in [0.25, 0.3) is 11.7 Å². The summed E-state index contributed by atoms with van der Waals surface area (Å²) in [6, 6.07) is 0.112. The van der Waals surface area contributed by atoms with Crippen LogP contribution < -0.4 is 5.32 Å². The van der Waals surface area contributed by atoms with Crippen molar-refractivity contribution in [3.05, 3.63) is 11.7 Å². The average Bonchev–Trinajstić information content (AvgIpc) is 3.06. The molecule has 3 fully saturated rings. The van der Waals surface area contributed by atoms with Gasteiger partial charge in [0, 0.05) is 19.0 Å². The van der Waals surface area contributed by atoms with Gasteiger partial charge in [-0.15, -0.1) is 0 Å². The molecule has 0 spiro atoms. The highest BCUT2D eigenvalue weighted by Crippen LogP contribution is 2.45. The minimum Gasteiger partial charge on any atom is -0.444 e. The van der Waals surface area contributed by atoms with Crippen molar-refractivity contribution >= 4 is 12.0 Å². The fourth-order valence-electron chi connectivity index (χ4n) is 3.16. The Labute approximate surface area is 134 Å². The number of hydrogen-bond acceptors (Lipinski definition) is 6. The van der Waals surface area contributed by atoms with Gasteiger partial charge in [0.15, 0.2) is 0 Å². The number of carbonyl (C=O) groups excluding carboxylic acids is 2. The molecule has 0 radical (unpaired) electrons. The number of aryl methyl sites for hydroxylation is 1. The van der Waals surface area contributed by atoms with E-state index in [1.807, 2.05) is 27.7 Å². The van der Waals surface area contributed by atoms with Gasteiger partial charge in [0.1, 0.15) is 5.60 Å². The van der Waals surface area contributed by atoms with Crippen LogP contribution in [-0.2, 0) is 11.2 Å². The number of ether oxygens (including phenoxy) is 1. The summed E-state index contributed by atoms with van der Waals surface area (Å²) in [4.78, 5) is 30.2. The summed E-state index contributed by atoms with van der Waals surface area (Å²) in [6.45, 7) is 7.79. The SMILES string of the molecule is CCc1nc(C(=O)N2CC3(NC(=O)OC(C)(C)C)CC2C3)no1. The van der Waals surface area contributed by atoms with E-state index in [0.29, 0.717) is 18.9 Å². The molecule has 1 aromatic heterocycles. The van der Waals surface area contributed by atoms with E-state index in [0.717, 1.165) is 12.8 Å². The van der Waals surface area contributed by atoms with Crippen molar-refractivity contribution in [2.75, 3.05) is 6.54 Å². The van der Waals surface area contributed by atoms with Gasteiger partial charge in [-0.3, -0.25) is 4.79 Å². The molecule has 8 nitrogen and oxygen atoms in total. The molecule has 0 aromatic carbocycles. The van der Waals surface area contributed by atoms with Crippen LogP contribution in [0.25, 0.3) is 0 Å². The molecule has 8 heteroatoms. The van der Waals surface area contributed by atoms with Gasteiger partial charge in [-0.05, 0) is 33.6 Å². The van der Waals surface area contributed by atoms with Crippen molar-refractivity contribution < 1.29 is 18.8 Å². The van der Waals surface area contributed by atoms with Crippen molar-refractivity contribution in [3.8, 4) is 0 Å². The number of nitrogens with one attached hydrogen (secondary N) is 1. The Hall–Kier alpha value is -2.12. The Balaban J connectivity index is 1.62. The first-order valence-corrected chi connectivity index (χ1v) is 7.86. The Bertz CT molecular complexity index is 628. The van der Waals surface area contributed by atoms with E-state index in [1.165, 1.54) is 0 Å². The van der Waals surface area contributed by atoms with Crippen LogP contribution in [-0.4, -0.2) is 50.8 Å². The van der Waals surface area contributed by atoms with Gasteiger partial charge in [0.2, 0.25) is 5.89 Å². The van der Waals surface area contributed by atoms with Gasteiger partial charge in [0.05, 0.1) is 5.54 Å². The van der Waals surface area contributed by atoms with Crippen LogP contribution in [0.2, 0.25) is 0 Å². The topological polar surface area (TPSA) is 97.6 Å². The molecule has 1 N–H and O–H groups in total. The minimum absolute atomic E-state index is 0.0850. The number of alkyl carbamates (subject to hydrolysis) is 1. The van der Waals surface area contributed by atoms with E-state index in [9.17, 15) is 9.59 Å². The monoisotopic (exact) mass is 322 g/mol. The lowest BCUT2D eigenvalue weighted by molar-refractivity contribution is 0.0426. The van der Waals surface area contributed by atoms with Crippen LogP contribution in [0.15, 0.2) is 4.52 Å². The van der Waals surface area contributed by atoms with Gasteiger partial charge in [-0.2, -0.15) is 4.98 Å². The molecule has 1 aliphatic carbocycles. The van der Waals surface area contributed by atoms with Crippen molar-refractivity contribution in [3.63, 3.8) is 0 Å². The third kappa shape index (κ3) is 3.02. The maximum Gasteiger partial charge on any atom is 0.408 e. The van der Waals surface area contributed by atoms with Gasteiger partial charge < -0.3 is 19.5 Å². The number of fused-ring (bicyclic) bond motifs is 1. The van der Waals surface area contributed by atoms with Crippen LogP contribution in [0.3, 0.4) is 0 Å². The summed E-state index contributed by atoms with van der Waals surface area (Å²) in [5.41, 5.74) is -0.931. The number of amides is 2. The molecule has 1 aromatic rings. The number of nitrogens with zero attached hydrogens (tertiary/aromatic N) is 3. The zero-order chi connectivity index (χ0) is 16.8. The summed E-state index contributed by atoms with van der Waals surface area (Å²) in [6.07, 6.45) is 1.61. The number of hydrogen-bond donors (Lipinski definition) is 1. The number of carbonyl (C=O) groups is 2. The Morgan fingerprint density at radius 3 is 2.70 bits per heavy atom. The third-order valence-electron chi connectivity index (χ3n) is 4.16. The molecule has 2 bridgehead atoms. The highest BCUT2D eigenvalue weighted by atomic mass is 16.6. The van der Waals surface area contributed by atoms with Gasteiger partial charge in [-0.25, -0.2) is 4.79 Å². The second-order valence-electron chi connectivity index (χ2n) is 7.27. The van der Waals surface area contributed by atoms with E-state index < -0.39 is 11.7 Å². The predicted molar refractivity (Wildman–Crippen MR) is 79.8 cm³/mol. The van der Waals surface area contributed by atoms with Gasteiger partial charge in [-0.1, -0.05) is 12.1 Å². The molecule has 0 unspecified atom stereocenters. The second-order valence-corrected chi connectivity index (χ2v) is 7.27. The van der Waals surface area contributed by atoms with Gasteiger partial charge >= 0.3 is 6.09 Å². The summed E-state index contributed by atoms with van der Waals surface area (Å²) >= 11 is 0. The van der Waals surface area contributed by atoms with Crippen LogP contribution in [0.1, 0.15) is 57.0 Å². The number of rotatable bonds is 3. The first kappa shape index (κ1) is 15.8. The molecule has 2 aliphatic heterocycles. The Kier molecular flexibility index (Phi) is 3.57. The molecule has 23 heavy (non-hydrogen) atoms. The zero-order valence-electron chi connectivity index (χ0n) is 13.9. The Morgan fingerprint density at radius 1 is 1.43 bits per heavy atom. The summed E-state index contributed by atoms with van der Waals surface area (Å²) < 4.78 is 10.3. The molecule has 1 saturated carbocycles. The first-order valence-electron chi connectivity index (χ1n) is 7.86. The van der Waals surface area contributed by atoms with Crippen molar-refractivity contribution in [2.24, 2.45) is 0 Å². The van der Waals surface area contributed by atoms with Crippen LogP contribution in [0, 0.1) is 0 Å². The predicted octanol–water partition coefficient (Wildman–Crippen LogP) is 1.51. The highest BCUT2D eigenvalue weighted by molar-refractivity contribution is 5.91. The molecule has 126 valence electrons. The minimum atomic E-state index is -0.542.